The number of aromatic nitrogens is 1. The Labute approximate surface area is 193 Å². The molecule has 33 heavy (non-hydrogen) atoms. The molecule has 1 aromatic heterocycles. The molecule has 0 aliphatic rings. The zero-order chi connectivity index (χ0) is 23.6. The number of amides is 2. The fourth-order valence-corrected chi connectivity index (χ4v) is 3.19. The van der Waals surface area contributed by atoms with Crippen LogP contribution in [0.25, 0.3) is 0 Å². The van der Waals surface area contributed by atoms with E-state index in [9.17, 15) is 9.59 Å². The summed E-state index contributed by atoms with van der Waals surface area (Å²) in [6, 6.07) is 17.8. The molecule has 8 nitrogen and oxygen atoms in total. The van der Waals surface area contributed by atoms with Crippen LogP contribution in [-0.4, -0.2) is 48.5 Å². The first kappa shape index (κ1) is 23.6. The summed E-state index contributed by atoms with van der Waals surface area (Å²) < 4.78 is 10.6. The van der Waals surface area contributed by atoms with E-state index in [4.69, 9.17) is 9.47 Å². The first-order valence-corrected chi connectivity index (χ1v) is 10.7. The molecule has 0 fully saturated rings. The lowest BCUT2D eigenvalue weighted by molar-refractivity contribution is -0.116. The standard InChI is InChI=1S/C25H28N4O4/c1-4-29(17-23(30)27-19-8-6-9-21(16-19)32-3)25(31)22-10-7-15-26-24(22)28-18-11-13-20(14-12-18)33-5-2/h6-16H,4-5,17H2,1-3H3,(H,26,28)(H,27,30). The van der Waals surface area contributed by atoms with E-state index in [0.717, 1.165) is 11.4 Å². The first-order valence-electron chi connectivity index (χ1n) is 10.7. The molecule has 2 amide bonds. The topological polar surface area (TPSA) is 92.8 Å². The van der Waals surface area contributed by atoms with Gasteiger partial charge in [-0.25, -0.2) is 4.98 Å². The number of nitrogens with zero attached hydrogens (tertiary/aromatic N) is 2. The van der Waals surface area contributed by atoms with E-state index in [-0.39, 0.29) is 18.4 Å². The van der Waals surface area contributed by atoms with E-state index in [2.05, 4.69) is 15.6 Å². The number of hydrogen-bond acceptors (Lipinski definition) is 6. The molecule has 8 heteroatoms. The number of hydrogen-bond donors (Lipinski definition) is 2. The SMILES string of the molecule is CCOc1ccc(Nc2ncccc2C(=O)N(CC)CC(=O)Nc2cccc(OC)c2)cc1. The Morgan fingerprint density at radius 2 is 1.76 bits per heavy atom. The quantitative estimate of drug-likeness (QED) is 0.480. The Morgan fingerprint density at radius 1 is 0.970 bits per heavy atom. The molecular weight excluding hydrogens is 420 g/mol. The summed E-state index contributed by atoms with van der Waals surface area (Å²) in [7, 11) is 1.56. The van der Waals surface area contributed by atoms with E-state index >= 15 is 0 Å². The van der Waals surface area contributed by atoms with Gasteiger partial charge in [-0.1, -0.05) is 6.07 Å². The van der Waals surface area contributed by atoms with Gasteiger partial charge in [0.25, 0.3) is 5.91 Å². The van der Waals surface area contributed by atoms with Gasteiger partial charge in [-0.3, -0.25) is 9.59 Å². The summed E-state index contributed by atoms with van der Waals surface area (Å²) >= 11 is 0. The maximum Gasteiger partial charge on any atom is 0.258 e. The molecule has 0 aliphatic carbocycles. The first-order chi connectivity index (χ1) is 16.0. The van der Waals surface area contributed by atoms with Crippen LogP contribution in [0.5, 0.6) is 11.5 Å². The Kier molecular flexibility index (Phi) is 8.24. The van der Waals surface area contributed by atoms with E-state index < -0.39 is 0 Å². The zero-order valence-corrected chi connectivity index (χ0v) is 19.0. The van der Waals surface area contributed by atoms with Crippen molar-refractivity contribution in [3.05, 3.63) is 72.4 Å². The van der Waals surface area contributed by atoms with Gasteiger partial charge >= 0.3 is 0 Å². The second-order valence-electron chi connectivity index (χ2n) is 7.08. The van der Waals surface area contributed by atoms with E-state index in [1.165, 1.54) is 4.90 Å². The predicted molar refractivity (Wildman–Crippen MR) is 128 cm³/mol. The summed E-state index contributed by atoms with van der Waals surface area (Å²) in [6.07, 6.45) is 1.61. The third kappa shape index (κ3) is 6.46. The molecule has 3 rings (SSSR count). The molecule has 172 valence electrons. The summed E-state index contributed by atoms with van der Waals surface area (Å²) in [4.78, 5) is 31.6. The van der Waals surface area contributed by atoms with Crippen molar-refractivity contribution in [1.82, 2.24) is 9.88 Å². The predicted octanol–water partition coefficient (Wildman–Crippen LogP) is 4.33. The van der Waals surface area contributed by atoms with Crippen LogP contribution in [0, 0.1) is 0 Å². The molecule has 0 saturated heterocycles. The summed E-state index contributed by atoms with van der Waals surface area (Å²) in [5.41, 5.74) is 1.74. The van der Waals surface area contributed by atoms with Gasteiger partial charge in [0.1, 0.15) is 23.9 Å². The summed E-state index contributed by atoms with van der Waals surface area (Å²) in [6.45, 7) is 4.61. The Bertz CT molecular complexity index is 1090. The highest BCUT2D eigenvalue weighted by molar-refractivity contribution is 6.02. The highest BCUT2D eigenvalue weighted by Crippen LogP contribution is 2.22. The lowest BCUT2D eigenvalue weighted by Crippen LogP contribution is -2.38. The molecule has 0 saturated carbocycles. The minimum Gasteiger partial charge on any atom is -0.497 e. The molecule has 2 N–H and O–H groups in total. The Hall–Kier alpha value is -4.07. The van der Waals surface area contributed by atoms with E-state index in [0.29, 0.717) is 36.0 Å². The smallest absolute Gasteiger partial charge is 0.258 e. The normalized spacial score (nSPS) is 10.3. The molecule has 2 aromatic carbocycles. The van der Waals surface area contributed by atoms with Crippen LogP contribution in [0.1, 0.15) is 24.2 Å². The van der Waals surface area contributed by atoms with E-state index in [1.54, 1.807) is 49.7 Å². The highest BCUT2D eigenvalue weighted by atomic mass is 16.5. The van der Waals surface area contributed by atoms with Gasteiger partial charge in [-0.05, 0) is 62.4 Å². The highest BCUT2D eigenvalue weighted by Gasteiger charge is 2.21. The van der Waals surface area contributed by atoms with Crippen LogP contribution in [0.15, 0.2) is 66.9 Å². The zero-order valence-electron chi connectivity index (χ0n) is 19.0. The van der Waals surface area contributed by atoms with Gasteiger partial charge in [-0.2, -0.15) is 0 Å². The van der Waals surface area contributed by atoms with Gasteiger partial charge in [0, 0.05) is 30.2 Å². The van der Waals surface area contributed by atoms with Crippen molar-refractivity contribution in [2.24, 2.45) is 0 Å². The van der Waals surface area contributed by atoms with Crippen molar-refractivity contribution in [3.63, 3.8) is 0 Å². The van der Waals surface area contributed by atoms with Crippen LogP contribution in [-0.2, 0) is 4.79 Å². The fraction of sp³-hybridized carbons (Fsp3) is 0.240. The van der Waals surface area contributed by atoms with Crippen LogP contribution < -0.4 is 20.1 Å². The third-order valence-corrected chi connectivity index (χ3v) is 4.82. The lowest BCUT2D eigenvalue weighted by atomic mass is 10.2. The van der Waals surface area contributed by atoms with Crippen LogP contribution in [0.3, 0.4) is 0 Å². The third-order valence-electron chi connectivity index (χ3n) is 4.82. The lowest BCUT2D eigenvalue weighted by Gasteiger charge is -2.22. The second-order valence-corrected chi connectivity index (χ2v) is 7.08. The minimum atomic E-state index is -0.302. The van der Waals surface area contributed by atoms with Crippen molar-refractivity contribution in [3.8, 4) is 11.5 Å². The number of nitrogens with one attached hydrogen (secondary N) is 2. The number of carbonyl (C=O) groups is 2. The van der Waals surface area contributed by atoms with Gasteiger partial charge in [0.2, 0.25) is 5.91 Å². The maximum absolute atomic E-state index is 13.2. The van der Waals surface area contributed by atoms with Crippen molar-refractivity contribution in [2.75, 3.05) is 37.4 Å². The minimum absolute atomic E-state index is 0.0933. The largest absolute Gasteiger partial charge is 0.497 e. The van der Waals surface area contributed by atoms with Crippen LogP contribution in [0.4, 0.5) is 17.2 Å². The number of rotatable bonds is 10. The van der Waals surface area contributed by atoms with Crippen molar-refractivity contribution < 1.29 is 19.1 Å². The second kappa shape index (κ2) is 11.5. The molecule has 0 atom stereocenters. The fourth-order valence-electron chi connectivity index (χ4n) is 3.19. The molecule has 0 spiro atoms. The van der Waals surface area contributed by atoms with Crippen molar-refractivity contribution >= 4 is 29.0 Å². The Morgan fingerprint density at radius 3 is 2.45 bits per heavy atom. The van der Waals surface area contributed by atoms with E-state index in [1.807, 2.05) is 38.1 Å². The summed E-state index contributed by atoms with van der Waals surface area (Å²) in [5.74, 6) is 1.22. The van der Waals surface area contributed by atoms with Crippen LogP contribution in [0.2, 0.25) is 0 Å². The monoisotopic (exact) mass is 448 g/mol. The van der Waals surface area contributed by atoms with Gasteiger partial charge < -0.3 is 25.0 Å². The Balaban J connectivity index is 1.71. The molecule has 0 aliphatic heterocycles. The van der Waals surface area contributed by atoms with Gasteiger partial charge in [0.15, 0.2) is 0 Å². The van der Waals surface area contributed by atoms with Gasteiger partial charge in [-0.15, -0.1) is 0 Å². The number of pyridine rings is 1. The molecule has 0 bridgehead atoms. The van der Waals surface area contributed by atoms with Crippen molar-refractivity contribution in [1.29, 1.82) is 0 Å². The molecular formula is C25H28N4O4. The van der Waals surface area contributed by atoms with Gasteiger partial charge in [0.05, 0.1) is 19.3 Å². The molecule has 0 unspecified atom stereocenters. The molecule has 3 aromatic rings. The average Bonchev–Trinajstić information content (AvgIpc) is 2.84. The summed E-state index contributed by atoms with van der Waals surface area (Å²) in [5, 5.41) is 5.98. The number of methoxy groups -OCH3 is 1. The number of ether oxygens (including phenoxy) is 2. The van der Waals surface area contributed by atoms with Crippen LogP contribution >= 0.6 is 0 Å². The number of carbonyl (C=O) groups excluding carboxylic acids is 2. The number of anilines is 3. The number of likely N-dealkylation sites (N-methyl/N-ethyl adjacent to an activating group) is 1. The maximum atomic E-state index is 13.2. The van der Waals surface area contributed by atoms with Crippen molar-refractivity contribution in [2.45, 2.75) is 13.8 Å². The molecule has 0 radical (unpaired) electrons. The number of benzene rings is 2. The average molecular weight is 449 g/mol. The molecule has 1 heterocycles.